The van der Waals surface area contributed by atoms with Crippen LogP contribution in [0.5, 0.6) is 0 Å². The van der Waals surface area contributed by atoms with Crippen molar-refractivity contribution in [3.8, 4) is 0 Å². The zero-order valence-electron chi connectivity index (χ0n) is 12.7. The first-order valence-electron chi connectivity index (χ1n) is 7.54. The number of nitrogens with one attached hydrogen (secondary N) is 1. The number of amides is 1. The third-order valence-electron chi connectivity index (χ3n) is 4.38. The van der Waals surface area contributed by atoms with E-state index in [1.807, 2.05) is 32.0 Å². The third kappa shape index (κ3) is 3.43. The Kier molecular flexibility index (Phi) is 4.66. The summed E-state index contributed by atoms with van der Waals surface area (Å²) >= 11 is 0. The highest BCUT2D eigenvalue weighted by Crippen LogP contribution is 2.44. The summed E-state index contributed by atoms with van der Waals surface area (Å²) in [5, 5.41) is 11.7. The largest absolute Gasteiger partial charge is 0.481 e. The summed E-state index contributed by atoms with van der Waals surface area (Å²) in [4.78, 5) is 23.3. The van der Waals surface area contributed by atoms with Gasteiger partial charge in [-0.15, -0.1) is 0 Å². The van der Waals surface area contributed by atoms with Crippen LogP contribution >= 0.6 is 0 Å². The molecule has 0 heterocycles. The van der Waals surface area contributed by atoms with Gasteiger partial charge in [0, 0.05) is 12.5 Å². The number of aryl methyl sites for hydroxylation is 1. The first-order valence-corrected chi connectivity index (χ1v) is 7.54. The van der Waals surface area contributed by atoms with Gasteiger partial charge in [-0.25, -0.2) is 0 Å². The maximum absolute atomic E-state index is 12.7. The number of hydrogen-bond acceptors (Lipinski definition) is 2. The lowest BCUT2D eigenvalue weighted by atomic mass is 9.63. The second kappa shape index (κ2) is 6.29. The van der Waals surface area contributed by atoms with Crippen LogP contribution in [0.25, 0.3) is 0 Å². The van der Waals surface area contributed by atoms with Gasteiger partial charge in [-0.2, -0.15) is 0 Å². The predicted octanol–water partition coefficient (Wildman–Crippen LogP) is 2.79. The minimum absolute atomic E-state index is 0.0391. The fourth-order valence-corrected chi connectivity index (χ4v) is 2.89. The van der Waals surface area contributed by atoms with Crippen molar-refractivity contribution >= 4 is 11.9 Å². The van der Waals surface area contributed by atoms with Crippen molar-refractivity contribution in [1.29, 1.82) is 0 Å². The van der Waals surface area contributed by atoms with E-state index in [0.29, 0.717) is 6.42 Å². The van der Waals surface area contributed by atoms with E-state index in [2.05, 4.69) is 11.4 Å². The van der Waals surface area contributed by atoms with Crippen molar-refractivity contribution in [2.75, 3.05) is 0 Å². The molecule has 4 nitrogen and oxygen atoms in total. The van der Waals surface area contributed by atoms with E-state index >= 15 is 0 Å². The molecule has 0 aliphatic heterocycles. The Labute approximate surface area is 125 Å². The van der Waals surface area contributed by atoms with E-state index in [4.69, 9.17) is 5.11 Å². The Bertz CT molecular complexity index is 535. The number of carbonyl (C=O) groups is 2. The standard InChI is InChI=1S/C17H23NO3/c1-12-5-3-6-14(11-12)17(9-4-10-17)16(21)18-13(2)7-8-15(19)20/h3,5-6,11,13H,4,7-10H2,1-2H3,(H,18,21)(H,19,20). The molecule has 114 valence electrons. The molecule has 0 aromatic heterocycles. The number of aliphatic carboxylic acids is 1. The predicted molar refractivity (Wildman–Crippen MR) is 81.2 cm³/mol. The lowest BCUT2D eigenvalue weighted by molar-refractivity contribution is -0.137. The van der Waals surface area contributed by atoms with Crippen LogP contribution in [0.3, 0.4) is 0 Å². The van der Waals surface area contributed by atoms with Crippen LogP contribution in [0.1, 0.15) is 50.2 Å². The van der Waals surface area contributed by atoms with Gasteiger partial charge in [0.1, 0.15) is 0 Å². The average molecular weight is 289 g/mol. The highest BCUT2D eigenvalue weighted by molar-refractivity contribution is 5.89. The van der Waals surface area contributed by atoms with Crippen LogP contribution in [-0.2, 0) is 15.0 Å². The smallest absolute Gasteiger partial charge is 0.303 e. The summed E-state index contributed by atoms with van der Waals surface area (Å²) in [7, 11) is 0. The molecule has 1 unspecified atom stereocenters. The van der Waals surface area contributed by atoms with E-state index in [1.54, 1.807) is 0 Å². The normalized spacial score (nSPS) is 17.6. The lowest BCUT2D eigenvalue weighted by Crippen LogP contribution is -2.51. The summed E-state index contributed by atoms with van der Waals surface area (Å²) in [5.41, 5.74) is 1.82. The van der Waals surface area contributed by atoms with Crippen molar-refractivity contribution < 1.29 is 14.7 Å². The molecule has 4 heteroatoms. The molecule has 1 amide bonds. The minimum atomic E-state index is -0.826. The highest BCUT2D eigenvalue weighted by Gasteiger charge is 2.45. The molecule has 1 aromatic carbocycles. The quantitative estimate of drug-likeness (QED) is 0.846. The lowest BCUT2D eigenvalue weighted by Gasteiger charge is -2.41. The zero-order valence-corrected chi connectivity index (χ0v) is 12.7. The first-order chi connectivity index (χ1) is 9.94. The van der Waals surface area contributed by atoms with Crippen molar-refractivity contribution in [1.82, 2.24) is 5.32 Å². The molecule has 0 saturated heterocycles. The number of rotatable bonds is 6. The topological polar surface area (TPSA) is 66.4 Å². The molecule has 21 heavy (non-hydrogen) atoms. The van der Waals surface area contributed by atoms with Crippen LogP contribution in [0.4, 0.5) is 0 Å². The van der Waals surface area contributed by atoms with Crippen LogP contribution < -0.4 is 5.32 Å². The second-order valence-corrected chi connectivity index (χ2v) is 6.11. The van der Waals surface area contributed by atoms with Gasteiger partial charge in [-0.1, -0.05) is 36.2 Å². The summed E-state index contributed by atoms with van der Waals surface area (Å²) in [6.07, 6.45) is 3.34. The van der Waals surface area contributed by atoms with Gasteiger partial charge in [-0.3, -0.25) is 9.59 Å². The Morgan fingerprint density at radius 3 is 2.62 bits per heavy atom. The Hall–Kier alpha value is -1.84. The maximum Gasteiger partial charge on any atom is 0.303 e. The molecule has 1 fully saturated rings. The third-order valence-corrected chi connectivity index (χ3v) is 4.38. The number of hydrogen-bond donors (Lipinski definition) is 2. The molecular formula is C17H23NO3. The Morgan fingerprint density at radius 2 is 2.10 bits per heavy atom. The van der Waals surface area contributed by atoms with Gasteiger partial charge in [0.05, 0.1) is 5.41 Å². The van der Waals surface area contributed by atoms with Gasteiger partial charge in [0.25, 0.3) is 0 Å². The van der Waals surface area contributed by atoms with Crippen LogP contribution in [0, 0.1) is 6.92 Å². The maximum atomic E-state index is 12.7. The molecule has 2 N–H and O–H groups in total. The second-order valence-electron chi connectivity index (χ2n) is 6.11. The Morgan fingerprint density at radius 1 is 1.38 bits per heavy atom. The van der Waals surface area contributed by atoms with Crippen molar-refractivity contribution in [2.24, 2.45) is 0 Å². The molecular weight excluding hydrogens is 266 g/mol. The SMILES string of the molecule is Cc1cccc(C2(C(=O)NC(C)CCC(=O)O)CCC2)c1. The molecule has 0 bridgehead atoms. The van der Waals surface area contributed by atoms with Gasteiger partial charge in [0.2, 0.25) is 5.91 Å². The summed E-state index contributed by atoms with van der Waals surface area (Å²) in [5.74, 6) is -0.787. The number of carbonyl (C=O) groups excluding carboxylic acids is 1. The van der Waals surface area contributed by atoms with Crippen molar-refractivity contribution in [3.63, 3.8) is 0 Å². The van der Waals surface area contributed by atoms with Gasteiger partial charge in [-0.05, 0) is 38.7 Å². The summed E-state index contributed by atoms with van der Waals surface area (Å²) < 4.78 is 0. The molecule has 2 rings (SSSR count). The molecule has 1 atom stereocenters. The van der Waals surface area contributed by atoms with E-state index in [9.17, 15) is 9.59 Å². The molecule has 1 aliphatic rings. The average Bonchev–Trinajstić information content (AvgIpc) is 2.35. The van der Waals surface area contributed by atoms with E-state index in [-0.39, 0.29) is 18.4 Å². The fraction of sp³-hybridized carbons (Fsp3) is 0.529. The summed E-state index contributed by atoms with van der Waals surface area (Å²) in [6, 6.07) is 8.01. The summed E-state index contributed by atoms with van der Waals surface area (Å²) in [6.45, 7) is 3.90. The molecule has 1 aromatic rings. The van der Waals surface area contributed by atoms with E-state index < -0.39 is 11.4 Å². The molecule has 0 radical (unpaired) electrons. The van der Waals surface area contributed by atoms with E-state index in [0.717, 1.165) is 30.4 Å². The van der Waals surface area contributed by atoms with Gasteiger partial charge >= 0.3 is 5.97 Å². The zero-order chi connectivity index (χ0) is 15.5. The molecule has 1 saturated carbocycles. The van der Waals surface area contributed by atoms with Gasteiger partial charge in [0.15, 0.2) is 0 Å². The molecule has 0 spiro atoms. The molecule has 1 aliphatic carbocycles. The Balaban J connectivity index is 2.06. The van der Waals surface area contributed by atoms with Crippen LogP contribution in [0.15, 0.2) is 24.3 Å². The van der Waals surface area contributed by atoms with Gasteiger partial charge < -0.3 is 10.4 Å². The number of carboxylic acid groups (broad SMARTS) is 1. The minimum Gasteiger partial charge on any atom is -0.481 e. The highest BCUT2D eigenvalue weighted by atomic mass is 16.4. The number of carboxylic acids is 1. The van der Waals surface area contributed by atoms with Crippen molar-refractivity contribution in [2.45, 2.75) is 57.4 Å². The fourth-order valence-electron chi connectivity index (χ4n) is 2.89. The first kappa shape index (κ1) is 15.5. The van der Waals surface area contributed by atoms with Crippen LogP contribution in [0.2, 0.25) is 0 Å². The van der Waals surface area contributed by atoms with Crippen LogP contribution in [-0.4, -0.2) is 23.0 Å². The van der Waals surface area contributed by atoms with E-state index in [1.165, 1.54) is 0 Å². The van der Waals surface area contributed by atoms with Crippen molar-refractivity contribution in [3.05, 3.63) is 35.4 Å². The monoisotopic (exact) mass is 289 g/mol. The number of benzene rings is 1.